The molecule has 1 heterocycles. The molecule has 1 aromatic heterocycles. The summed E-state index contributed by atoms with van der Waals surface area (Å²) in [6.07, 6.45) is 0. The van der Waals surface area contributed by atoms with E-state index in [0.29, 0.717) is 18.1 Å². The molecule has 0 saturated heterocycles. The van der Waals surface area contributed by atoms with Gasteiger partial charge in [0.2, 0.25) is 0 Å². The number of nitrogens with zero attached hydrogens (tertiary/aromatic N) is 2. The highest BCUT2D eigenvalue weighted by Crippen LogP contribution is 2.30. The monoisotopic (exact) mass is 405 g/mol. The molecule has 0 unspecified atom stereocenters. The van der Waals surface area contributed by atoms with E-state index in [1.165, 1.54) is 0 Å². The molecular weight excluding hydrogens is 382 g/mol. The van der Waals surface area contributed by atoms with Gasteiger partial charge < -0.3 is 21.5 Å². The lowest BCUT2D eigenvalue weighted by atomic mass is 10.1. The van der Waals surface area contributed by atoms with Crippen molar-refractivity contribution in [3.05, 3.63) is 68.5 Å². The molecule has 0 fully saturated rings. The third kappa shape index (κ3) is 3.36. The predicted octanol–water partition coefficient (Wildman–Crippen LogP) is 3.03. The molecule has 0 saturated carbocycles. The van der Waals surface area contributed by atoms with E-state index in [0.717, 1.165) is 16.5 Å². The van der Waals surface area contributed by atoms with Gasteiger partial charge in [0.15, 0.2) is 5.82 Å². The van der Waals surface area contributed by atoms with E-state index >= 15 is 0 Å². The zero-order valence-electron chi connectivity index (χ0n) is 17.0. The average molecular weight is 405 g/mol. The summed E-state index contributed by atoms with van der Waals surface area (Å²) in [6.45, 7) is 6.43. The Morgan fingerprint density at radius 1 is 1.07 bits per heavy atom. The zero-order chi connectivity index (χ0) is 21.6. The van der Waals surface area contributed by atoms with Crippen molar-refractivity contribution < 1.29 is 5.11 Å². The number of benzene rings is 2. The molecule has 8 heteroatoms. The van der Waals surface area contributed by atoms with Crippen molar-refractivity contribution >= 4 is 33.8 Å². The van der Waals surface area contributed by atoms with Crippen molar-refractivity contribution in [1.29, 1.82) is 0 Å². The van der Waals surface area contributed by atoms with Crippen molar-refractivity contribution in [2.75, 3.05) is 16.4 Å². The van der Waals surface area contributed by atoms with Crippen LogP contribution in [0.1, 0.15) is 26.3 Å². The molecular formula is C22H23N5O3. The number of aromatic nitrogens is 2. The largest absolute Gasteiger partial charge is 0.508 e. The summed E-state index contributed by atoms with van der Waals surface area (Å²) in [4.78, 5) is 24.2. The molecule has 8 nitrogen and oxygen atoms in total. The molecule has 30 heavy (non-hydrogen) atoms. The summed E-state index contributed by atoms with van der Waals surface area (Å²) in [5.41, 5.74) is 7.46. The molecule has 0 bridgehead atoms. The summed E-state index contributed by atoms with van der Waals surface area (Å²) in [6, 6.07) is 12.2. The Labute approximate surface area is 172 Å². The third-order valence-corrected chi connectivity index (χ3v) is 4.90. The van der Waals surface area contributed by atoms with Crippen LogP contribution in [-0.4, -0.2) is 14.9 Å². The van der Waals surface area contributed by atoms with Crippen LogP contribution >= 0.6 is 0 Å². The third-order valence-electron chi connectivity index (χ3n) is 4.90. The molecule has 0 aliphatic carbocycles. The molecule has 4 aromatic rings. The first-order chi connectivity index (χ1) is 14.1. The molecule has 3 aromatic carbocycles. The first-order valence-corrected chi connectivity index (χ1v) is 9.56. The normalized spacial score (nSPS) is 11.8. The van der Waals surface area contributed by atoms with Gasteiger partial charge in [0.05, 0.1) is 11.1 Å². The fourth-order valence-corrected chi connectivity index (χ4v) is 3.41. The van der Waals surface area contributed by atoms with E-state index in [1.807, 2.05) is 49.7 Å². The minimum atomic E-state index is -0.577. The van der Waals surface area contributed by atoms with Crippen molar-refractivity contribution in [2.45, 2.75) is 32.9 Å². The molecule has 0 amide bonds. The summed E-state index contributed by atoms with van der Waals surface area (Å²) >= 11 is 0. The second-order valence-electron chi connectivity index (χ2n) is 8.26. The highest BCUT2D eigenvalue weighted by molar-refractivity contribution is 5.93. The van der Waals surface area contributed by atoms with Crippen molar-refractivity contribution in [3.8, 4) is 5.75 Å². The lowest BCUT2D eigenvalue weighted by Crippen LogP contribution is -2.36. The Morgan fingerprint density at radius 3 is 2.50 bits per heavy atom. The zero-order valence-corrected chi connectivity index (χ0v) is 17.0. The number of hydrogen-bond acceptors (Lipinski definition) is 7. The minimum Gasteiger partial charge on any atom is -0.508 e. The molecule has 154 valence electrons. The number of anilines is 4. The number of nitrogens with two attached hydrogens (primary N) is 1. The van der Waals surface area contributed by atoms with Crippen LogP contribution < -0.4 is 27.2 Å². The first kappa shape index (κ1) is 19.5. The van der Waals surface area contributed by atoms with Crippen molar-refractivity contribution in [2.24, 2.45) is 0 Å². The lowest BCUT2D eigenvalue weighted by molar-refractivity contribution is 0.369. The molecule has 0 spiro atoms. The van der Waals surface area contributed by atoms with Gasteiger partial charge in [0, 0.05) is 17.6 Å². The molecule has 5 N–H and O–H groups in total. The van der Waals surface area contributed by atoms with E-state index in [-0.39, 0.29) is 22.7 Å². The van der Waals surface area contributed by atoms with Crippen LogP contribution in [-0.2, 0) is 12.1 Å². The Kier molecular flexibility index (Phi) is 4.49. The van der Waals surface area contributed by atoms with E-state index in [1.54, 1.807) is 18.2 Å². The van der Waals surface area contributed by atoms with E-state index < -0.39 is 10.9 Å². The van der Waals surface area contributed by atoms with Gasteiger partial charge in [-0.1, -0.05) is 12.1 Å². The molecule has 0 radical (unpaired) electrons. The number of phenolic OH excluding ortho intramolecular Hbond substituents is 1. The summed E-state index contributed by atoms with van der Waals surface area (Å²) < 4.78 is 1.86. The maximum Gasteiger partial charge on any atom is 0.253 e. The quantitative estimate of drug-likeness (QED) is 0.376. The standard InChI is InChI=1S/C22H23N5O3/c1-22(2,3)27-16-8-7-13(10-15(16)21(23)26-27)25-18-17(19(29)20(18)30)24-11-12-5-4-6-14(28)9-12/h4-10,24-25,28H,11H2,1-3H3,(H2,23,26). The van der Waals surface area contributed by atoms with Gasteiger partial charge in [0.1, 0.15) is 17.1 Å². The fraction of sp³-hybridized carbons (Fsp3) is 0.227. The van der Waals surface area contributed by atoms with Gasteiger partial charge in [-0.15, -0.1) is 0 Å². The van der Waals surface area contributed by atoms with Gasteiger partial charge in [-0.3, -0.25) is 14.3 Å². The molecule has 0 aliphatic rings. The number of nitrogen functional groups attached to an aromatic ring is 1. The van der Waals surface area contributed by atoms with E-state index in [2.05, 4.69) is 15.7 Å². The van der Waals surface area contributed by atoms with Gasteiger partial charge in [-0.25, -0.2) is 0 Å². The first-order valence-electron chi connectivity index (χ1n) is 9.56. The number of fused-ring (bicyclic) bond motifs is 1. The molecule has 0 atom stereocenters. The van der Waals surface area contributed by atoms with Gasteiger partial charge in [-0.05, 0) is 56.7 Å². The van der Waals surface area contributed by atoms with Crippen molar-refractivity contribution in [3.63, 3.8) is 0 Å². The number of nitrogens with one attached hydrogen (secondary N) is 2. The van der Waals surface area contributed by atoms with Gasteiger partial charge in [0.25, 0.3) is 10.9 Å². The summed E-state index contributed by atoms with van der Waals surface area (Å²) in [5, 5.41) is 20.8. The highest BCUT2D eigenvalue weighted by atomic mass is 16.3. The predicted molar refractivity (Wildman–Crippen MR) is 119 cm³/mol. The maximum absolute atomic E-state index is 12.1. The Bertz CT molecular complexity index is 1320. The average Bonchev–Trinajstić information content (AvgIpc) is 3.03. The number of hydrogen-bond donors (Lipinski definition) is 4. The maximum atomic E-state index is 12.1. The van der Waals surface area contributed by atoms with Crippen molar-refractivity contribution in [1.82, 2.24) is 9.78 Å². The Hall–Kier alpha value is -3.81. The van der Waals surface area contributed by atoms with Crippen LogP contribution in [0.15, 0.2) is 52.1 Å². The van der Waals surface area contributed by atoms with Crippen LogP contribution in [0, 0.1) is 0 Å². The number of rotatable bonds is 5. The van der Waals surface area contributed by atoms with Crippen LogP contribution in [0.25, 0.3) is 10.9 Å². The fourth-order valence-electron chi connectivity index (χ4n) is 3.41. The van der Waals surface area contributed by atoms with E-state index in [9.17, 15) is 14.7 Å². The summed E-state index contributed by atoms with van der Waals surface area (Å²) in [7, 11) is 0. The van der Waals surface area contributed by atoms with Crippen LogP contribution in [0.4, 0.5) is 22.9 Å². The summed E-state index contributed by atoms with van der Waals surface area (Å²) in [5.74, 6) is 0.537. The van der Waals surface area contributed by atoms with Crippen LogP contribution in [0.5, 0.6) is 5.75 Å². The molecule has 4 rings (SSSR count). The Morgan fingerprint density at radius 2 is 1.80 bits per heavy atom. The second kappa shape index (κ2) is 6.91. The number of phenols is 1. The Balaban J connectivity index is 1.60. The van der Waals surface area contributed by atoms with Crippen LogP contribution in [0.3, 0.4) is 0 Å². The molecule has 0 aliphatic heterocycles. The number of aromatic hydroxyl groups is 1. The topological polar surface area (TPSA) is 122 Å². The van der Waals surface area contributed by atoms with Gasteiger partial charge >= 0.3 is 0 Å². The van der Waals surface area contributed by atoms with Crippen LogP contribution in [0.2, 0.25) is 0 Å². The lowest BCUT2D eigenvalue weighted by Gasteiger charge is -2.20. The second-order valence-corrected chi connectivity index (χ2v) is 8.26. The highest BCUT2D eigenvalue weighted by Gasteiger charge is 2.22. The minimum absolute atomic E-state index is 0.138. The van der Waals surface area contributed by atoms with E-state index in [4.69, 9.17) is 5.73 Å². The SMILES string of the molecule is CC(C)(C)n1nc(N)c2cc(Nc3c(NCc4cccc(O)c4)c(=O)c3=O)ccc21. The van der Waals surface area contributed by atoms with Gasteiger partial charge in [-0.2, -0.15) is 5.10 Å². The smallest absolute Gasteiger partial charge is 0.253 e.